The molecule has 2 aromatic heterocycles. The molecule has 0 fully saturated rings. The van der Waals surface area contributed by atoms with Gasteiger partial charge in [0, 0.05) is 36.0 Å². The lowest BCUT2D eigenvalue weighted by Gasteiger charge is -2.11. The highest BCUT2D eigenvalue weighted by Gasteiger charge is 2.17. The number of pyridine rings is 1. The van der Waals surface area contributed by atoms with Gasteiger partial charge in [-0.05, 0) is 31.2 Å². The first-order valence-electron chi connectivity index (χ1n) is 7.56. The van der Waals surface area contributed by atoms with Crippen molar-refractivity contribution in [1.29, 1.82) is 0 Å². The van der Waals surface area contributed by atoms with Crippen LogP contribution in [0.25, 0.3) is 11.3 Å². The van der Waals surface area contributed by atoms with Gasteiger partial charge in [0.05, 0.1) is 0 Å². The van der Waals surface area contributed by atoms with E-state index in [0.717, 1.165) is 5.69 Å². The Morgan fingerprint density at radius 1 is 1.25 bits per heavy atom. The molecule has 0 bridgehead atoms. The van der Waals surface area contributed by atoms with Crippen LogP contribution < -0.4 is 5.32 Å². The number of hydrogen-bond donors (Lipinski definition) is 1. The Bertz CT molecular complexity index is 833. The third kappa shape index (κ3) is 3.65. The molecule has 1 N–H and O–H groups in total. The second-order valence-electron chi connectivity index (χ2n) is 5.46. The summed E-state index contributed by atoms with van der Waals surface area (Å²) in [4.78, 5) is 16.4. The zero-order valence-corrected chi connectivity index (χ0v) is 13.1. The van der Waals surface area contributed by atoms with E-state index in [9.17, 15) is 9.18 Å². The average Bonchev–Trinajstić information content (AvgIpc) is 3.06. The van der Waals surface area contributed by atoms with Gasteiger partial charge in [-0.3, -0.25) is 9.78 Å². The lowest BCUT2D eigenvalue weighted by atomic mass is 10.1. The Kier molecular flexibility index (Phi) is 4.65. The minimum atomic E-state index is -0.415. The highest BCUT2D eigenvalue weighted by atomic mass is 19.1. The zero-order valence-electron chi connectivity index (χ0n) is 13.1. The van der Waals surface area contributed by atoms with Crippen molar-refractivity contribution in [2.24, 2.45) is 0 Å². The summed E-state index contributed by atoms with van der Waals surface area (Å²) in [6, 6.07) is 13.1. The van der Waals surface area contributed by atoms with Gasteiger partial charge in [0.2, 0.25) is 5.76 Å². The SMILES string of the molecule is C[C@@H](Cc1ccccn1)NC(=O)c1cc(-c2ccccc2F)no1. The molecule has 1 atom stereocenters. The highest BCUT2D eigenvalue weighted by Crippen LogP contribution is 2.22. The molecule has 2 heterocycles. The lowest BCUT2D eigenvalue weighted by molar-refractivity contribution is 0.0903. The number of nitrogens with zero attached hydrogens (tertiary/aromatic N) is 2. The fraction of sp³-hybridized carbons (Fsp3) is 0.167. The Morgan fingerprint density at radius 2 is 2.04 bits per heavy atom. The standard InChI is InChI=1S/C18H16FN3O2/c1-12(10-13-6-4-5-9-20-13)21-18(23)17-11-16(22-24-17)14-7-2-3-8-15(14)19/h2-9,11-12H,10H2,1H3,(H,21,23)/t12-/m0/s1. The minimum Gasteiger partial charge on any atom is -0.350 e. The molecule has 122 valence electrons. The number of hydrogen-bond acceptors (Lipinski definition) is 4. The van der Waals surface area contributed by atoms with Crippen molar-refractivity contribution < 1.29 is 13.7 Å². The molecule has 6 heteroatoms. The predicted molar refractivity (Wildman–Crippen MR) is 86.8 cm³/mol. The molecule has 0 saturated heterocycles. The van der Waals surface area contributed by atoms with Crippen molar-refractivity contribution in [2.45, 2.75) is 19.4 Å². The summed E-state index contributed by atoms with van der Waals surface area (Å²) >= 11 is 0. The van der Waals surface area contributed by atoms with Gasteiger partial charge in [0.1, 0.15) is 11.5 Å². The van der Waals surface area contributed by atoms with Crippen LogP contribution in [0, 0.1) is 5.82 Å². The van der Waals surface area contributed by atoms with Crippen molar-refractivity contribution in [3.8, 4) is 11.3 Å². The summed E-state index contributed by atoms with van der Waals surface area (Å²) in [5, 5.41) is 6.59. The van der Waals surface area contributed by atoms with E-state index in [0.29, 0.717) is 12.0 Å². The van der Waals surface area contributed by atoms with E-state index in [-0.39, 0.29) is 17.5 Å². The fourth-order valence-electron chi connectivity index (χ4n) is 2.36. The van der Waals surface area contributed by atoms with Crippen LogP contribution in [0.1, 0.15) is 23.2 Å². The van der Waals surface area contributed by atoms with E-state index in [1.54, 1.807) is 24.4 Å². The van der Waals surface area contributed by atoms with Crippen LogP contribution in [0.4, 0.5) is 4.39 Å². The van der Waals surface area contributed by atoms with Crippen LogP contribution in [-0.2, 0) is 6.42 Å². The Hall–Kier alpha value is -3.02. The molecule has 1 aromatic carbocycles. The Balaban J connectivity index is 1.67. The van der Waals surface area contributed by atoms with Crippen LogP contribution in [0.2, 0.25) is 0 Å². The number of halogens is 1. The van der Waals surface area contributed by atoms with Crippen LogP contribution in [0.15, 0.2) is 59.3 Å². The van der Waals surface area contributed by atoms with Crippen molar-refractivity contribution in [3.05, 3.63) is 72.0 Å². The average molecular weight is 325 g/mol. The Labute approximate surface area is 138 Å². The van der Waals surface area contributed by atoms with E-state index in [2.05, 4.69) is 15.5 Å². The molecule has 0 spiro atoms. The van der Waals surface area contributed by atoms with Gasteiger partial charge >= 0.3 is 0 Å². The monoisotopic (exact) mass is 325 g/mol. The van der Waals surface area contributed by atoms with Gasteiger partial charge < -0.3 is 9.84 Å². The van der Waals surface area contributed by atoms with Crippen LogP contribution in [0.3, 0.4) is 0 Å². The van der Waals surface area contributed by atoms with Gasteiger partial charge in [-0.1, -0.05) is 23.4 Å². The maximum Gasteiger partial charge on any atom is 0.290 e. The highest BCUT2D eigenvalue weighted by molar-refractivity contribution is 5.92. The lowest BCUT2D eigenvalue weighted by Crippen LogP contribution is -2.34. The number of nitrogens with one attached hydrogen (secondary N) is 1. The van der Waals surface area contributed by atoms with E-state index < -0.39 is 11.7 Å². The van der Waals surface area contributed by atoms with E-state index >= 15 is 0 Å². The molecule has 0 aliphatic carbocycles. The smallest absolute Gasteiger partial charge is 0.290 e. The van der Waals surface area contributed by atoms with Crippen LogP contribution in [0.5, 0.6) is 0 Å². The van der Waals surface area contributed by atoms with E-state index in [1.165, 1.54) is 12.1 Å². The molecule has 0 unspecified atom stereocenters. The number of carbonyl (C=O) groups is 1. The molecule has 5 nitrogen and oxygen atoms in total. The zero-order chi connectivity index (χ0) is 16.9. The first kappa shape index (κ1) is 15.9. The molecule has 0 aliphatic rings. The maximum atomic E-state index is 13.7. The number of aromatic nitrogens is 2. The molecule has 0 saturated carbocycles. The summed E-state index contributed by atoms with van der Waals surface area (Å²) in [6.45, 7) is 1.88. The normalized spacial score (nSPS) is 11.9. The third-order valence-electron chi connectivity index (χ3n) is 3.50. The van der Waals surface area contributed by atoms with Crippen LogP contribution in [-0.4, -0.2) is 22.1 Å². The third-order valence-corrected chi connectivity index (χ3v) is 3.50. The summed E-state index contributed by atoms with van der Waals surface area (Å²) in [7, 11) is 0. The molecular formula is C18H16FN3O2. The first-order valence-corrected chi connectivity index (χ1v) is 7.56. The molecule has 0 aliphatic heterocycles. The van der Waals surface area contributed by atoms with Gasteiger partial charge in [-0.15, -0.1) is 0 Å². The largest absolute Gasteiger partial charge is 0.350 e. The molecule has 3 rings (SSSR count). The first-order chi connectivity index (χ1) is 11.6. The number of rotatable bonds is 5. The summed E-state index contributed by atoms with van der Waals surface area (Å²) in [5.74, 6) is -0.768. The van der Waals surface area contributed by atoms with E-state index in [1.807, 2.05) is 25.1 Å². The van der Waals surface area contributed by atoms with Gasteiger partial charge in [0.15, 0.2) is 0 Å². The van der Waals surface area contributed by atoms with Crippen molar-refractivity contribution in [1.82, 2.24) is 15.5 Å². The van der Waals surface area contributed by atoms with Gasteiger partial charge in [-0.2, -0.15) is 0 Å². The Morgan fingerprint density at radius 3 is 2.79 bits per heavy atom. The topological polar surface area (TPSA) is 68.0 Å². The van der Waals surface area contributed by atoms with Crippen molar-refractivity contribution in [2.75, 3.05) is 0 Å². The van der Waals surface area contributed by atoms with Crippen LogP contribution >= 0.6 is 0 Å². The quantitative estimate of drug-likeness (QED) is 0.782. The fourth-order valence-corrected chi connectivity index (χ4v) is 2.36. The molecular weight excluding hydrogens is 309 g/mol. The van der Waals surface area contributed by atoms with Gasteiger partial charge in [0.25, 0.3) is 5.91 Å². The predicted octanol–water partition coefficient (Wildman–Crippen LogP) is 3.24. The maximum absolute atomic E-state index is 13.7. The number of benzene rings is 1. The minimum absolute atomic E-state index is 0.0427. The second-order valence-corrected chi connectivity index (χ2v) is 5.46. The summed E-state index contributed by atoms with van der Waals surface area (Å²) < 4.78 is 18.8. The molecule has 1 amide bonds. The second kappa shape index (κ2) is 7.04. The van der Waals surface area contributed by atoms with Gasteiger partial charge in [-0.25, -0.2) is 4.39 Å². The molecule has 0 radical (unpaired) electrons. The summed E-state index contributed by atoms with van der Waals surface area (Å²) in [6.07, 6.45) is 2.31. The van der Waals surface area contributed by atoms with E-state index in [4.69, 9.17) is 4.52 Å². The number of carbonyl (C=O) groups excluding carboxylic acids is 1. The summed E-state index contributed by atoms with van der Waals surface area (Å²) in [5.41, 5.74) is 1.47. The molecule has 24 heavy (non-hydrogen) atoms. The molecule has 3 aromatic rings. The van der Waals surface area contributed by atoms with Crippen molar-refractivity contribution in [3.63, 3.8) is 0 Å². The number of amides is 1. The van der Waals surface area contributed by atoms with Crippen molar-refractivity contribution >= 4 is 5.91 Å².